The Morgan fingerprint density at radius 3 is 3.04 bits per heavy atom. The number of pyridine rings is 1. The summed E-state index contributed by atoms with van der Waals surface area (Å²) < 4.78 is 4.25. The van der Waals surface area contributed by atoms with E-state index in [4.69, 9.17) is 4.99 Å². The quantitative estimate of drug-likeness (QED) is 0.541. The van der Waals surface area contributed by atoms with Gasteiger partial charge in [-0.1, -0.05) is 13.0 Å². The maximum atomic E-state index is 4.89. The Morgan fingerprint density at radius 1 is 1.29 bits per heavy atom. The first-order chi connectivity index (χ1) is 13.8. The highest BCUT2D eigenvalue weighted by Crippen LogP contribution is 2.27. The molecule has 1 N–H and O–H groups in total. The highest BCUT2D eigenvalue weighted by atomic mass is 15.3. The van der Waals surface area contributed by atoms with Crippen molar-refractivity contribution in [2.24, 2.45) is 10.9 Å². The fraction of sp³-hybridized carbons (Fsp3) is 0.500. The van der Waals surface area contributed by atoms with E-state index in [-0.39, 0.29) is 0 Å². The van der Waals surface area contributed by atoms with Gasteiger partial charge in [0.05, 0.1) is 12.4 Å². The molecule has 0 aromatic carbocycles. The first-order valence-corrected chi connectivity index (χ1v) is 10.1. The Kier molecular flexibility index (Phi) is 5.55. The van der Waals surface area contributed by atoms with Gasteiger partial charge >= 0.3 is 0 Å². The molecule has 3 aromatic heterocycles. The molecule has 0 saturated carbocycles. The topological polar surface area (TPSA) is 75.6 Å². The molecule has 1 aliphatic rings. The van der Waals surface area contributed by atoms with Crippen LogP contribution in [-0.2, 0) is 6.42 Å². The number of piperidine rings is 1. The van der Waals surface area contributed by atoms with E-state index in [9.17, 15) is 0 Å². The maximum Gasteiger partial charge on any atom is 0.193 e. The highest BCUT2D eigenvalue weighted by Gasteiger charge is 2.28. The zero-order valence-corrected chi connectivity index (χ0v) is 16.6. The van der Waals surface area contributed by atoms with Crippen LogP contribution < -0.4 is 5.32 Å². The third-order valence-electron chi connectivity index (χ3n) is 5.44. The minimum atomic E-state index is 0.417. The van der Waals surface area contributed by atoms with Gasteiger partial charge < -0.3 is 14.8 Å². The number of aromatic nitrogens is 5. The molecular weight excluding hydrogens is 352 g/mol. The fourth-order valence-corrected chi connectivity index (χ4v) is 3.84. The second-order valence-corrected chi connectivity index (χ2v) is 7.32. The standard InChI is InChI=1S/C20H28N8/c1-3-22-20(23-9-7-19-25-24-18-6-4-5-11-28(18)19)26-12-8-16(2)17(14-26)27-13-10-21-15-27/h4-6,10-11,13,15-17H,3,7-9,12,14H2,1-2H3,(H,22,23). The largest absolute Gasteiger partial charge is 0.357 e. The van der Waals surface area contributed by atoms with Crippen molar-refractivity contribution in [2.75, 3.05) is 26.2 Å². The molecule has 1 fully saturated rings. The van der Waals surface area contributed by atoms with Crippen molar-refractivity contribution in [3.05, 3.63) is 48.9 Å². The lowest BCUT2D eigenvalue weighted by molar-refractivity contribution is 0.189. The van der Waals surface area contributed by atoms with E-state index in [2.05, 4.69) is 50.0 Å². The minimum absolute atomic E-state index is 0.417. The van der Waals surface area contributed by atoms with Gasteiger partial charge in [-0.3, -0.25) is 9.39 Å². The second-order valence-electron chi connectivity index (χ2n) is 7.32. The molecule has 0 spiro atoms. The van der Waals surface area contributed by atoms with Gasteiger partial charge in [0, 0.05) is 51.2 Å². The smallest absolute Gasteiger partial charge is 0.193 e. The van der Waals surface area contributed by atoms with Crippen molar-refractivity contribution in [2.45, 2.75) is 32.7 Å². The molecule has 0 amide bonds. The lowest BCUT2D eigenvalue weighted by Crippen LogP contribution is -2.49. The third kappa shape index (κ3) is 3.85. The van der Waals surface area contributed by atoms with Crippen molar-refractivity contribution in [3.63, 3.8) is 0 Å². The van der Waals surface area contributed by atoms with Gasteiger partial charge in [0.2, 0.25) is 0 Å². The normalized spacial score (nSPS) is 20.6. The number of nitrogens with one attached hydrogen (secondary N) is 1. The molecule has 2 unspecified atom stereocenters. The van der Waals surface area contributed by atoms with Gasteiger partial charge in [-0.05, 0) is 31.4 Å². The van der Waals surface area contributed by atoms with E-state index in [1.807, 2.05) is 41.3 Å². The van der Waals surface area contributed by atoms with Gasteiger partial charge in [0.15, 0.2) is 11.6 Å². The number of hydrogen-bond acceptors (Lipinski definition) is 4. The maximum absolute atomic E-state index is 4.89. The number of rotatable bonds is 5. The van der Waals surface area contributed by atoms with Crippen molar-refractivity contribution in [1.82, 2.24) is 34.4 Å². The van der Waals surface area contributed by atoms with Gasteiger partial charge in [-0.2, -0.15) is 0 Å². The van der Waals surface area contributed by atoms with Crippen LogP contribution in [-0.4, -0.2) is 61.2 Å². The van der Waals surface area contributed by atoms with Crippen LogP contribution in [0.3, 0.4) is 0 Å². The number of nitrogens with zero attached hydrogens (tertiary/aromatic N) is 7. The molecule has 0 radical (unpaired) electrons. The Bertz CT molecular complexity index is 913. The highest BCUT2D eigenvalue weighted by molar-refractivity contribution is 5.80. The molecule has 4 rings (SSSR count). The Morgan fingerprint density at radius 2 is 2.21 bits per heavy atom. The van der Waals surface area contributed by atoms with Crippen LogP contribution in [0.2, 0.25) is 0 Å². The van der Waals surface area contributed by atoms with Gasteiger partial charge in [0.1, 0.15) is 5.82 Å². The summed E-state index contributed by atoms with van der Waals surface area (Å²) in [5.41, 5.74) is 0.876. The molecular formula is C20H28N8. The molecule has 8 nitrogen and oxygen atoms in total. The van der Waals surface area contributed by atoms with Crippen LogP contribution in [0, 0.1) is 5.92 Å². The number of fused-ring (bicyclic) bond motifs is 1. The van der Waals surface area contributed by atoms with Crippen LogP contribution >= 0.6 is 0 Å². The van der Waals surface area contributed by atoms with Crippen LogP contribution in [0.4, 0.5) is 0 Å². The van der Waals surface area contributed by atoms with Crippen LogP contribution in [0.25, 0.3) is 5.65 Å². The molecule has 2 atom stereocenters. The van der Waals surface area contributed by atoms with Crippen molar-refractivity contribution in [1.29, 1.82) is 0 Å². The van der Waals surface area contributed by atoms with Gasteiger partial charge in [0.25, 0.3) is 0 Å². The predicted molar refractivity (Wildman–Crippen MR) is 109 cm³/mol. The number of imidazole rings is 1. The monoisotopic (exact) mass is 380 g/mol. The molecule has 8 heteroatoms. The molecule has 4 heterocycles. The van der Waals surface area contributed by atoms with E-state index in [0.29, 0.717) is 18.5 Å². The summed E-state index contributed by atoms with van der Waals surface area (Å²) in [5.74, 6) is 2.54. The molecule has 3 aromatic rings. The Hall–Kier alpha value is -2.90. The number of guanidine groups is 1. The summed E-state index contributed by atoms with van der Waals surface area (Å²) in [6.45, 7) is 7.93. The fourth-order valence-electron chi connectivity index (χ4n) is 3.84. The van der Waals surface area contributed by atoms with E-state index >= 15 is 0 Å². The first-order valence-electron chi connectivity index (χ1n) is 10.1. The van der Waals surface area contributed by atoms with E-state index < -0.39 is 0 Å². The van der Waals surface area contributed by atoms with E-state index in [0.717, 1.165) is 49.9 Å². The lowest BCUT2D eigenvalue weighted by atomic mass is 9.93. The van der Waals surface area contributed by atoms with Gasteiger partial charge in [-0.15, -0.1) is 10.2 Å². The first kappa shape index (κ1) is 18.5. The SMILES string of the molecule is CCNC(=NCCc1nnc2ccccn12)N1CCC(C)C(n2ccnc2)C1. The Balaban J connectivity index is 1.45. The number of aliphatic imine (C=N–C) groups is 1. The van der Waals surface area contributed by atoms with Crippen LogP contribution in [0.15, 0.2) is 48.1 Å². The summed E-state index contributed by atoms with van der Waals surface area (Å²) in [5, 5.41) is 12.0. The molecule has 28 heavy (non-hydrogen) atoms. The molecule has 1 saturated heterocycles. The van der Waals surface area contributed by atoms with Crippen molar-refractivity contribution >= 4 is 11.6 Å². The predicted octanol–water partition coefficient (Wildman–Crippen LogP) is 2.02. The van der Waals surface area contributed by atoms with E-state index in [1.165, 1.54) is 0 Å². The molecule has 0 bridgehead atoms. The van der Waals surface area contributed by atoms with Gasteiger partial charge in [-0.25, -0.2) is 4.98 Å². The van der Waals surface area contributed by atoms with E-state index in [1.54, 1.807) is 0 Å². The lowest BCUT2D eigenvalue weighted by Gasteiger charge is -2.39. The Labute approximate surface area is 165 Å². The molecule has 0 aliphatic carbocycles. The summed E-state index contributed by atoms with van der Waals surface area (Å²) >= 11 is 0. The molecule has 1 aliphatic heterocycles. The van der Waals surface area contributed by atoms with Crippen molar-refractivity contribution in [3.8, 4) is 0 Å². The summed E-state index contributed by atoms with van der Waals surface area (Å²) in [6.07, 6.45) is 9.74. The number of hydrogen-bond donors (Lipinski definition) is 1. The minimum Gasteiger partial charge on any atom is -0.357 e. The van der Waals surface area contributed by atoms with Crippen LogP contribution in [0.1, 0.15) is 32.1 Å². The summed E-state index contributed by atoms with van der Waals surface area (Å²) in [7, 11) is 0. The number of likely N-dealkylation sites (tertiary alicyclic amines) is 1. The average Bonchev–Trinajstić information content (AvgIpc) is 3.38. The molecule has 148 valence electrons. The summed E-state index contributed by atoms with van der Waals surface area (Å²) in [6, 6.07) is 6.36. The average molecular weight is 381 g/mol. The second kappa shape index (κ2) is 8.41. The van der Waals surface area contributed by atoms with Crippen LogP contribution in [0.5, 0.6) is 0 Å². The summed E-state index contributed by atoms with van der Waals surface area (Å²) in [4.78, 5) is 11.5. The third-order valence-corrected chi connectivity index (χ3v) is 5.44. The van der Waals surface area contributed by atoms with Crippen molar-refractivity contribution < 1.29 is 0 Å². The zero-order chi connectivity index (χ0) is 19.3. The zero-order valence-electron chi connectivity index (χ0n) is 16.6.